The average molecular weight is 503 g/mol. The van der Waals surface area contributed by atoms with E-state index in [1.165, 1.54) is 12.0 Å². The topological polar surface area (TPSA) is 122 Å². The molecule has 1 heterocycles. The number of nitrogens with zero attached hydrogens (tertiary/aromatic N) is 1. The van der Waals surface area contributed by atoms with E-state index in [1.807, 2.05) is 0 Å². The number of hydrogen-bond donors (Lipinski definition) is 2. The summed E-state index contributed by atoms with van der Waals surface area (Å²) in [7, 11) is 0. The summed E-state index contributed by atoms with van der Waals surface area (Å²) >= 11 is 0. The highest BCUT2D eigenvalue weighted by Gasteiger charge is 2.58. The van der Waals surface area contributed by atoms with Gasteiger partial charge in [-0.15, -0.1) is 5.06 Å². The zero-order valence-corrected chi connectivity index (χ0v) is 21.3. The minimum absolute atomic E-state index is 0.0206. The van der Waals surface area contributed by atoms with Crippen LogP contribution in [0.5, 0.6) is 0 Å². The number of fused-ring (bicyclic) bond motifs is 5. The third-order valence-electron chi connectivity index (χ3n) is 10.1. The maximum Gasteiger partial charge on any atom is 0.352 e. The van der Waals surface area contributed by atoms with E-state index < -0.39 is 30.2 Å². The zero-order chi connectivity index (χ0) is 25.7. The van der Waals surface area contributed by atoms with Gasteiger partial charge in [0.05, 0.1) is 12.2 Å². The lowest BCUT2D eigenvalue weighted by Gasteiger charge is -2.58. The molecule has 6 unspecified atom stereocenters. The number of hydroxylamine groups is 2. The van der Waals surface area contributed by atoms with Gasteiger partial charge >= 0.3 is 5.97 Å². The number of hydrogen-bond acceptors (Lipinski definition) is 7. The first-order chi connectivity index (χ1) is 17.1. The summed E-state index contributed by atoms with van der Waals surface area (Å²) in [6, 6.07) is 0. The molecule has 0 aromatic rings. The van der Waals surface area contributed by atoms with Crippen molar-refractivity contribution in [2.75, 3.05) is 13.2 Å². The molecule has 2 N–H and O–H groups in total. The van der Waals surface area contributed by atoms with Crippen molar-refractivity contribution in [2.24, 2.45) is 28.6 Å². The third-order valence-corrected chi connectivity index (χ3v) is 10.1. The number of rotatable bonds is 6. The van der Waals surface area contributed by atoms with Crippen molar-refractivity contribution in [3.05, 3.63) is 11.6 Å². The monoisotopic (exact) mass is 502 g/mol. The second kappa shape index (κ2) is 9.56. The number of amides is 3. The number of nitrogens with one attached hydrogen (secondary N) is 1. The molecule has 5 rings (SSSR count). The van der Waals surface area contributed by atoms with E-state index in [0.29, 0.717) is 22.8 Å². The van der Waals surface area contributed by atoms with Gasteiger partial charge in [-0.3, -0.25) is 14.4 Å². The number of allylic oxidation sites excluding steroid dienone is 1. The Morgan fingerprint density at radius 3 is 2.53 bits per heavy atom. The van der Waals surface area contributed by atoms with Crippen LogP contribution in [0.4, 0.5) is 0 Å². The van der Waals surface area contributed by atoms with Crippen LogP contribution >= 0.6 is 0 Å². The number of imide groups is 1. The van der Waals surface area contributed by atoms with Gasteiger partial charge in [-0.25, -0.2) is 4.79 Å². The van der Waals surface area contributed by atoms with Crippen LogP contribution in [0.3, 0.4) is 0 Å². The first kappa shape index (κ1) is 25.4. The molecular weight excluding hydrogens is 464 g/mol. The summed E-state index contributed by atoms with van der Waals surface area (Å²) in [5, 5.41) is 13.5. The van der Waals surface area contributed by atoms with Crippen LogP contribution in [0.15, 0.2) is 11.6 Å². The normalized spacial score (nSPS) is 39.7. The lowest BCUT2D eigenvalue weighted by Crippen LogP contribution is -2.51. The molecule has 0 bridgehead atoms. The third kappa shape index (κ3) is 4.38. The van der Waals surface area contributed by atoms with E-state index in [2.05, 4.69) is 25.2 Å². The fraction of sp³-hybridized carbons (Fsp3) is 0.778. The van der Waals surface area contributed by atoms with Crippen molar-refractivity contribution in [3.8, 4) is 0 Å². The van der Waals surface area contributed by atoms with E-state index in [0.717, 1.165) is 44.9 Å². The summed E-state index contributed by atoms with van der Waals surface area (Å²) in [6.07, 6.45) is 10.4. The summed E-state index contributed by atoms with van der Waals surface area (Å²) < 4.78 is 5.88. The van der Waals surface area contributed by atoms with Gasteiger partial charge in [-0.2, -0.15) is 0 Å². The van der Waals surface area contributed by atoms with Crippen molar-refractivity contribution in [2.45, 2.75) is 90.3 Å². The molecule has 0 aromatic heterocycles. The number of carbonyl (C=O) groups excluding carboxylic acids is 4. The molecule has 0 aromatic carbocycles. The summed E-state index contributed by atoms with van der Waals surface area (Å²) in [5.41, 5.74) is 1.69. The smallest absolute Gasteiger partial charge is 0.352 e. The van der Waals surface area contributed by atoms with Gasteiger partial charge in [0, 0.05) is 12.8 Å². The Kier molecular flexibility index (Phi) is 6.74. The fourth-order valence-electron chi connectivity index (χ4n) is 8.00. The van der Waals surface area contributed by atoms with E-state index in [-0.39, 0.29) is 42.5 Å². The Bertz CT molecular complexity index is 963. The van der Waals surface area contributed by atoms with Gasteiger partial charge < -0.3 is 20.0 Å². The minimum Gasteiger partial charge on any atom is -0.393 e. The largest absolute Gasteiger partial charge is 0.393 e. The van der Waals surface area contributed by atoms with Gasteiger partial charge in [-0.1, -0.05) is 25.5 Å². The average Bonchev–Trinajstić information content (AvgIpc) is 3.34. The molecule has 36 heavy (non-hydrogen) atoms. The maximum atomic E-state index is 12.2. The van der Waals surface area contributed by atoms with Crippen LogP contribution < -0.4 is 5.32 Å². The van der Waals surface area contributed by atoms with Crippen molar-refractivity contribution in [1.82, 2.24) is 10.4 Å². The summed E-state index contributed by atoms with van der Waals surface area (Å²) in [5.74, 6) is -0.501. The van der Waals surface area contributed by atoms with Crippen molar-refractivity contribution < 1.29 is 33.9 Å². The number of carbonyl (C=O) groups is 4. The number of aliphatic hydroxyl groups is 1. The Labute approximate surface area is 211 Å². The Hall–Kier alpha value is -2.26. The van der Waals surface area contributed by atoms with Crippen LogP contribution in [0.2, 0.25) is 0 Å². The molecule has 3 saturated carbocycles. The molecule has 1 aliphatic heterocycles. The lowest BCUT2D eigenvalue weighted by molar-refractivity contribution is -0.196. The van der Waals surface area contributed by atoms with Crippen LogP contribution in [0.1, 0.15) is 78.1 Å². The molecule has 7 atom stereocenters. The highest BCUT2D eigenvalue weighted by atomic mass is 16.7. The van der Waals surface area contributed by atoms with E-state index in [1.54, 1.807) is 0 Å². The molecule has 4 fully saturated rings. The number of aliphatic hydroxyl groups excluding tert-OH is 1. The molecule has 1 saturated heterocycles. The maximum absolute atomic E-state index is 12.2. The first-order valence-electron chi connectivity index (χ1n) is 13.5. The first-order valence-corrected chi connectivity index (χ1v) is 13.5. The van der Waals surface area contributed by atoms with E-state index in [9.17, 15) is 24.3 Å². The van der Waals surface area contributed by atoms with Crippen molar-refractivity contribution >= 4 is 23.7 Å². The zero-order valence-electron chi connectivity index (χ0n) is 21.3. The van der Waals surface area contributed by atoms with Gasteiger partial charge in [0.15, 0.2) is 0 Å². The van der Waals surface area contributed by atoms with E-state index in [4.69, 9.17) is 9.57 Å². The second-order valence-electron chi connectivity index (χ2n) is 11.9. The highest BCUT2D eigenvalue weighted by molar-refractivity contribution is 6.01. The lowest BCUT2D eigenvalue weighted by atomic mass is 9.47. The summed E-state index contributed by atoms with van der Waals surface area (Å²) in [4.78, 5) is 51.9. The predicted molar refractivity (Wildman–Crippen MR) is 128 cm³/mol. The molecule has 4 aliphatic carbocycles. The van der Waals surface area contributed by atoms with Gasteiger partial charge in [0.2, 0.25) is 5.91 Å². The quantitative estimate of drug-likeness (QED) is 0.422. The predicted octanol–water partition coefficient (Wildman–Crippen LogP) is 2.42. The molecule has 9 heteroatoms. The van der Waals surface area contributed by atoms with Crippen LogP contribution in [0, 0.1) is 28.6 Å². The van der Waals surface area contributed by atoms with Crippen LogP contribution in [-0.4, -0.2) is 59.2 Å². The molecule has 198 valence electrons. The minimum atomic E-state index is -0.877. The van der Waals surface area contributed by atoms with Crippen LogP contribution in [-0.2, 0) is 28.8 Å². The van der Waals surface area contributed by atoms with Crippen LogP contribution in [0.25, 0.3) is 0 Å². The Morgan fingerprint density at radius 1 is 1.03 bits per heavy atom. The summed E-state index contributed by atoms with van der Waals surface area (Å²) in [6.45, 7) is 4.10. The number of ether oxygens (including phenoxy) is 1. The van der Waals surface area contributed by atoms with Crippen molar-refractivity contribution in [3.63, 3.8) is 0 Å². The van der Waals surface area contributed by atoms with Crippen molar-refractivity contribution in [1.29, 1.82) is 0 Å². The molecule has 0 radical (unpaired) electrons. The molecule has 9 nitrogen and oxygen atoms in total. The Balaban J connectivity index is 1.11. The SMILES string of the molecule is CC12CC[C@@H](OCC(=O)NCC(=O)ON3C(=O)CCC3=O)C=C1CCC1C2CCC2(C)C(O)CCC12. The molecule has 0 spiro atoms. The Morgan fingerprint density at radius 2 is 1.78 bits per heavy atom. The standard InChI is InChI=1S/C27H38N2O7/c1-26-11-9-17(35-15-22(31)28-14-25(34)36-29-23(32)7-8-24(29)33)13-16(26)3-4-18-19-5-6-21(30)27(19,2)12-10-20(18)26/h13,17-21,30H,3-12,14-15H2,1-2H3,(H,28,31)/t17-,18?,19?,20?,21?,26?,27?/m1/s1. The van der Waals surface area contributed by atoms with Gasteiger partial charge in [-0.05, 0) is 80.0 Å². The highest BCUT2D eigenvalue weighted by Crippen LogP contribution is 2.65. The van der Waals surface area contributed by atoms with Gasteiger partial charge in [0.1, 0.15) is 13.2 Å². The molecule has 5 aliphatic rings. The van der Waals surface area contributed by atoms with E-state index >= 15 is 0 Å². The second-order valence-corrected chi connectivity index (χ2v) is 11.9. The fourth-order valence-corrected chi connectivity index (χ4v) is 8.00. The molecule has 3 amide bonds. The molecular formula is C27H38N2O7. The van der Waals surface area contributed by atoms with Gasteiger partial charge in [0.25, 0.3) is 11.8 Å².